The van der Waals surface area contributed by atoms with Gasteiger partial charge in [-0.1, -0.05) is 20.8 Å². The Morgan fingerprint density at radius 1 is 1.13 bits per heavy atom. The van der Waals surface area contributed by atoms with E-state index in [1.807, 2.05) is 18.7 Å². The SMILES string of the molecule is CC(C)CC(=O)N1CCN(c2ccc(S(=O)(=O)N3CCC(C)CC3)cc2[N+](=O)[O-])CC1. The predicted molar refractivity (Wildman–Crippen MR) is 119 cm³/mol. The molecule has 172 valence electrons. The Labute approximate surface area is 184 Å². The molecule has 0 aliphatic carbocycles. The third-order valence-corrected chi connectivity index (χ3v) is 7.97. The quantitative estimate of drug-likeness (QED) is 0.486. The number of nitrogens with zero attached hydrogens (tertiary/aromatic N) is 4. The number of nitro benzene ring substituents is 1. The molecule has 9 nitrogen and oxygen atoms in total. The molecule has 0 aromatic heterocycles. The number of sulfonamides is 1. The van der Waals surface area contributed by atoms with Crippen LogP contribution in [0.25, 0.3) is 0 Å². The lowest BCUT2D eigenvalue weighted by molar-refractivity contribution is -0.384. The Hall–Kier alpha value is -2.20. The highest BCUT2D eigenvalue weighted by Crippen LogP contribution is 2.33. The summed E-state index contributed by atoms with van der Waals surface area (Å²) in [5.41, 5.74) is 0.181. The molecule has 1 aromatic rings. The van der Waals surface area contributed by atoms with Crippen molar-refractivity contribution in [1.29, 1.82) is 0 Å². The molecule has 0 bridgehead atoms. The molecule has 0 unspecified atom stereocenters. The van der Waals surface area contributed by atoms with Gasteiger partial charge in [0.1, 0.15) is 5.69 Å². The molecule has 1 aromatic carbocycles. The monoisotopic (exact) mass is 452 g/mol. The second kappa shape index (κ2) is 9.52. The van der Waals surface area contributed by atoms with Crippen LogP contribution in [0.15, 0.2) is 23.1 Å². The zero-order chi connectivity index (χ0) is 22.8. The number of carbonyl (C=O) groups excluding carboxylic acids is 1. The van der Waals surface area contributed by atoms with Gasteiger partial charge in [-0.25, -0.2) is 8.42 Å². The number of amides is 1. The molecule has 0 saturated carbocycles. The fraction of sp³-hybridized carbons (Fsp3) is 0.667. The van der Waals surface area contributed by atoms with Crippen LogP contribution in [0.3, 0.4) is 0 Å². The van der Waals surface area contributed by atoms with Crippen molar-refractivity contribution in [2.45, 2.75) is 44.9 Å². The summed E-state index contributed by atoms with van der Waals surface area (Å²) in [6.45, 7) is 8.90. The third kappa shape index (κ3) is 5.35. The summed E-state index contributed by atoms with van der Waals surface area (Å²) < 4.78 is 27.4. The number of nitro groups is 1. The molecule has 2 heterocycles. The standard InChI is InChI=1S/C21H32N4O5S/c1-16(2)14-21(26)23-12-10-22(11-13-23)19-5-4-18(15-20(19)25(27)28)31(29,30)24-8-6-17(3)7-9-24/h4-5,15-17H,6-14H2,1-3H3. The van der Waals surface area contributed by atoms with E-state index in [4.69, 9.17) is 0 Å². The van der Waals surface area contributed by atoms with Crippen LogP contribution < -0.4 is 4.90 Å². The molecular weight excluding hydrogens is 420 g/mol. The van der Waals surface area contributed by atoms with Gasteiger partial charge < -0.3 is 9.80 Å². The summed E-state index contributed by atoms with van der Waals surface area (Å²) in [7, 11) is -3.76. The van der Waals surface area contributed by atoms with Gasteiger partial charge in [0, 0.05) is 51.8 Å². The van der Waals surface area contributed by atoms with Gasteiger partial charge in [-0.2, -0.15) is 4.31 Å². The van der Waals surface area contributed by atoms with E-state index in [1.165, 1.54) is 22.5 Å². The number of hydrogen-bond donors (Lipinski definition) is 0. The third-order valence-electron chi connectivity index (χ3n) is 6.08. The summed E-state index contributed by atoms with van der Waals surface area (Å²) in [4.78, 5) is 27.1. The van der Waals surface area contributed by atoms with Gasteiger partial charge in [0.2, 0.25) is 15.9 Å². The van der Waals surface area contributed by atoms with Gasteiger partial charge in [-0.05, 0) is 36.8 Å². The van der Waals surface area contributed by atoms with Gasteiger partial charge in [0.05, 0.1) is 9.82 Å². The zero-order valence-electron chi connectivity index (χ0n) is 18.5. The number of piperazine rings is 1. The summed E-state index contributed by atoms with van der Waals surface area (Å²) >= 11 is 0. The fourth-order valence-corrected chi connectivity index (χ4v) is 5.62. The highest BCUT2D eigenvalue weighted by atomic mass is 32.2. The van der Waals surface area contributed by atoms with Crippen LogP contribution in [0.5, 0.6) is 0 Å². The highest BCUT2D eigenvalue weighted by molar-refractivity contribution is 7.89. The largest absolute Gasteiger partial charge is 0.362 e. The molecule has 2 fully saturated rings. The smallest absolute Gasteiger partial charge is 0.293 e. The lowest BCUT2D eigenvalue weighted by Gasteiger charge is -2.36. The average molecular weight is 453 g/mol. The van der Waals surface area contributed by atoms with Crippen LogP contribution in [-0.4, -0.2) is 67.7 Å². The van der Waals surface area contributed by atoms with Crippen molar-refractivity contribution in [3.63, 3.8) is 0 Å². The molecule has 0 atom stereocenters. The Kier molecular flexibility index (Phi) is 7.20. The minimum atomic E-state index is -3.76. The van der Waals surface area contributed by atoms with Crippen molar-refractivity contribution in [3.05, 3.63) is 28.3 Å². The molecule has 31 heavy (non-hydrogen) atoms. The van der Waals surface area contributed by atoms with E-state index >= 15 is 0 Å². The van der Waals surface area contributed by atoms with Crippen molar-refractivity contribution in [2.75, 3.05) is 44.2 Å². The molecule has 2 saturated heterocycles. The van der Waals surface area contributed by atoms with Gasteiger partial charge in [0.25, 0.3) is 5.69 Å². The first-order valence-corrected chi connectivity index (χ1v) is 12.3. The van der Waals surface area contributed by atoms with Gasteiger partial charge in [-0.15, -0.1) is 0 Å². The molecular formula is C21H32N4O5S. The Morgan fingerprint density at radius 3 is 2.29 bits per heavy atom. The van der Waals surface area contributed by atoms with E-state index < -0.39 is 14.9 Å². The van der Waals surface area contributed by atoms with E-state index in [0.29, 0.717) is 57.3 Å². The van der Waals surface area contributed by atoms with Crippen LogP contribution in [0.1, 0.15) is 40.0 Å². The summed E-state index contributed by atoms with van der Waals surface area (Å²) in [6, 6.07) is 4.17. The van der Waals surface area contributed by atoms with E-state index in [2.05, 4.69) is 6.92 Å². The average Bonchev–Trinajstić information content (AvgIpc) is 2.73. The minimum Gasteiger partial charge on any atom is -0.362 e. The number of benzene rings is 1. The maximum atomic E-state index is 13.0. The Balaban J connectivity index is 1.77. The van der Waals surface area contributed by atoms with Crippen LogP contribution in [0, 0.1) is 22.0 Å². The fourth-order valence-electron chi connectivity index (χ4n) is 4.13. The highest BCUT2D eigenvalue weighted by Gasteiger charge is 2.32. The lowest BCUT2D eigenvalue weighted by Crippen LogP contribution is -2.49. The number of anilines is 1. The van der Waals surface area contributed by atoms with E-state index in [-0.39, 0.29) is 22.4 Å². The first kappa shape index (κ1) is 23.5. The zero-order valence-corrected chi connectivity index (χ0v) is 19.3. The van der Waals surface area contributed by atoms with Crippen molar-refractivity contribution in [3.8, 4) is 0 Å². The summed E-state index contributed by atoms with van der Waals surface area (Å²) in [5, 5.41) is 11.8. The second-order valence-electron chi connectivity index (χ2n) is 8.96. The van der Waals surface area contributed by atoms with Gasteiger partial charge in [-0.3, -0.25) is 14.9 Å². The van der Waals surface area contributed by atoms with Crippen molar-refractivity contribution in [1.82, 2.24) is 9.21 Å². The van der Waals surface area contributed by atoms with E-state index in [0.717, 1.165) is 12.8 Å². The first-order valence-electron chi connectivity index (χ1n) is 10.9. The van der Waals surface area contributed by atoms with Gasteiger partial charge >= 0.3 is 0 Å². The predicted octanol–water partition coefficient (Wildman–Crippen LogP) is 2.71. The van der Waals surface area contributed by atoms with Crippen LogP contribution >= 0.6 is 0 Å². The maximum absolute atomic E-state index is 13.0. The normalized spacial score (nSPS) is 19.1. The first-order chi connectivity index (χ1) is 14.6. The number of carbonyl (C=O) groups is 1. The molecule has 2 aliphatic heterocycles. The molecule has 0 radical (unpaired) electrons. The van der Waals surface area contributed by atoms with Crippen molar-refractivity contribution in [2.24, 2.45) is 11.8 Å². The van der Waals surface area contributed by atoms with Crippen LogP contribution in [-0.2, 0) is 14.8 Å². The Bertz CT molecular complexity index is 918. The topological polar surface area (TPSA) is 104 Å². The lowest BCUT2D eigenvalue weighted by atomic mass is 10.0. The molecule has 0 N–H and O–H groups in total. The molecule has 3 rings (SSSR count). The Morgan fingerprint density at radius 2 is 1.74 bits per heavy atom. The van der Waals surface area contributed by atoms with E-state index in [9.17, 15) is 23.3 Å². The van der Waals surface area contributed by atoms with E-state index in [1.54, 1.807) is 4.90 Å². The minimum absolute atomic E-state index is 0.0387. The molecule has 1 amide bonds. The maximum Gasteiger partial charge on any atom is 0.293 e. The molecule has 0 spiro atoms. The van der Waals surface area contributed by atoms with Gasteiger partial charge in [0.15, 0.2) is 0 Å². The number of piperidine rings is 1. The van der Waals surface area contributed by atoms with Crippen LogP contribution in [0.2, 0.25) is 0 Å². The summed E-state index contributed by atoms with van der Waals surface area (Å²) in [6.07, 6.45) is 2.07. The molecule has 10 heteroatoms. The molecule has 2 aliphatic rings. The van der Waals surface area contributed by atoms with Crippen LogP contribution in [0.4, 0.5) is 11.4 Å². The van der Waals surface area contributed by atoms with Crippen molar-refractivity contribution >= 4 is 27.3 Å². The van der Waals surface area contributed by atoms with Crippen molar-refractivity contribution < 1.29 is 18.1 Å². The summed E-state index contributed by atoms with van der Waals surface area (Å²) in [5.74, 6) is 0.861. The second-order valence-corrected chi connectivity index (χ2v) is 10.9. The number of hydrogen-bond acceptors (Lipinski definition) is 6. The number of rotatable bonds is 6.